The van der Waals surface area contributed by atoms with Gasteiger partial charge in [-0.2, -0.15) is 5.10 Å². The van der Waals surface area contributed by atoms with Gasteiger partial charge in [0.05, 0.1) is 24.5 Å². The van der Waals surface area contributed by atoms with Crippen molar-refractivity contribution in [3.63, 3.8) is 0 Å². The molecule has 6 nitrogen and oxygen atoms in total. The Bertz CT molecular complexity index is 1230. The summed E-state index contributed by atoms with van der Waals surface area (Å²) in [4.78, 5) is 11.7. The number of anilines is 1. The van der Waals surface area contributed by atoms with Crippen LogP contribution >= 0.6 is 0 Å². The van der Waals surface area contributed by atoms with E-state index in [-0.39, 0.29) is 12.5 Å². The van der Waals surface area contributed by atoms with Crippen LogP contribution in [0.4, 0.5) is 5.69 Å². The number of aliphatic hydroxyl groups excluding tert-OH is 1. The van der Waals surface area contributed by atoms with E-state index in [2.05, 4.69) is 5.32 Å². The number of amides is 1. The molecule has 0 aliphatic heterocycles. The molecule has 1 heterocycles. The highest BCUT2D eigenvalue weighted by atomic mass is 16.5. The summed E-state index contributed by atoms with van der Waals surface area (Å²) in [6.07, 6.45) is 3.17. The lowest BCUT2D eigenvalue weighted by Crippen LogP contribution is -2.08. The van der Waals surface area contributed by atoms with Crippen LogP contribution in [0.3, 0.4) is 0 Å². The van der Waals surface area contributed by atoms with E-state index >= 15 is 0 Å². The van der Waals surface area contributed by atoms with Crippen LogP contribution in [0.25, 0.3) is 11.3 Å². The van der Waals surface area contributed by atoms with Gasteiger partial charge in [0.1, 0.15) is 11.5 Å². The maximum absolute atomic E-state index is 11.7. The van der Waals surface area contributed by atoms with Gasteiger partial charge >= 0.3 is 0 Å². The predicted octanol–water partition coefficient (Wildman–Crippen LogP) is 5.40. The number of nitrogens with zero attached hydrogens (tertiary/aromatic N) is 2. The Labute approximate surface area is 192 Å². The van der Waals surface area contributed by atoms with Crippen LogP contribution in [0.2, 0.25) is 0 Å². The first-order chi connectivity index (χ1) is 16.1. The Balaban J connectivity index is 1.46. The summed E-state index contributed by atoms with van der Waals surface area (Å²) in [6, 6.07) is 26.8. The Kier molecular flexibility index (Phi) is 6.97. The average Bonchev–Trinajstić information content (AvgIpc) is 3.24. The van der Waals surface area contributed by atoms with Crippen molar-refractivity contribution >= 4 is 11.6 Å². The Morgan fingerprint density at radius 2 is 1.70 bits per heavy atom. The van der Waals surface area contributed by atoms with Gasteiger partial charge in [0.25, 0.3) is 0 Å². The van der Waals surface area contributed by atoms with Crippen molar-refractivity contribution in [2.24, 2.45) is 0 Å². The number of para-hydroxylation sites is 1. The van der Waals surface area contributed by atoms with Crippen molar-refractivity contribution in [3.8, 4) is 22.8 Å². The summed E-state index contributed by atoms with van der Waals surface area (Å²) in [7, 11) is 0. The van der Waals surface area contributed by atoms with Crippen LogP contribution in [0.5, 0.6) is 11.5 Å². The highest BCUT2D eigenvalue weighted by Crippen LogP contribution is 2.26. The van der Waals surface area contributed by atoms with E-state index in [1.54, 1.807) is 17.7 Å². The number of allylic oxidation sites excluding steroid dienone is 1. The zero-order chi connectivity index (χ0) is 23.0. The van der Waals surface area contributed by atoms with Gasteiger partial charge in [0.2, 0.25) is 5.91 Å². The van der Waals surface area contributed by atoms with Crippen molar-refractivity contribution in [2.45, 2.75) is 20.1 Å². The molecule has 6 heteroatoms. The van der Waals surface area contributed by atoms with Crippen molar-refractivity contribution in [1.29, 1.82) is 0 Å². The van der Waals surface area contributed by atoms with Gasteiger partial charge in [-0.1, -0.05) is 36.4 Å². The number of carbonyl (C=O) groups is 1. The fourth-order valence-corrected chi connectivity index (χ4v) is 3.38. The summed E-state index contributed by atoms with van der Waals surface area (Å²) in [5.74, 6) is 1.36. The molecule has 4 rings (SSSR count). The molecule has 0 fully saturated rings. The van der Waals surface area contributed by atoms with E-state index in [1.807, 2.05) is 84.9 Å². The van der Waals surface area contributed by atoms with Gasteiger partial charge in [-0.15, -0.1) is 0 Å². The smallest absolute Gasteiger partial charge is 0.248 e. The number of benzene rings is 3. The van der Waals surface area contributed by atoms with E-state index in [4.69, 9.17) is 9.84 Å². The number of ether oxygens (including phenoxy) is 1. The van der Waals surface area contributed by atoms with Crippen LogP contribution in [-0.2, 0) is 17.9 Å². The zero-order valence-corrected chi connectivity index (χ0v) is 18.3. The molecule has 0 aliphatic rings. The monoisotopic (exact) mass is 439 g/mol. The second-order valence-electron chi connectivity index (χ2n) is 7.46. The fourth-order valence-electron chi connectivity index (χ4n) is 3.38. The molecule has 0 spiro atoms. The number of nitrogens with one attached hydrogen (secondary N) is 1. The molecule has 0 aliphatic carbocycles. The van der Waals surface area contributed by atoms with Gasteiger partial charge in [0.15, 0.2) is 0 Å². The highest BCUT2D eigenvalue weighted by Gasteiger charge is 2.10. The molecule has 1 aromatic heterocycles. The molecule has 0 unspecified atom stereocenters. The van der Waals surface area contributed by atoms with Crippen molar-refractivity contribution in [3.05, 3.63) is 108 Å². The number of rotatable bonds is 8. The Hall–Kier alpha value is -4.16. The third-order valence-electron chi connectivity index (χ3n) is 5.03. The van der Waals surface area contributed by atoms with Crippen molar-refractivity contribution in [2.75, 3.05) is 5.32 Å². The minimum absolute atomic E-state index is 0.111. The van der Waals surface area contributed by atoms with Gasteiger partial charge in [-0.3, -0.25) is 9.48 Å². The van der Waals surface area contributed by atoms with Crippen molar-refractivity contribution < 1.29 is 14.6 Å². The second kappa shape index (κ2) is 10.4. The zero-order valence-electron chi connectivity index (χ0n) is 18.3. The summed E-state index contributed by atoms with van der Waals surface area (Å²) in [5.41, 5.74) is 4.17. The summed E-state index contributed by atoms with van der Waals surface area (Å²) in [5, 5.41) is 17.3. The molecule has 166 valence electrons. The van der Waals surface area contributed by atoms with Gasteiger partial charge < -0.3 is 15.2 Å². The number of aliphatic hydroxyl groups is 1. The molecule has 0 radical (unpaired) electrons. The highest BCUT2D eigenvalue weighted by molar-refractivity contribution is 5.99. The van der Waals surface area contributed by atoms with E-state index in [0.717, 1.165) is 39.7 Å². The maximum Gasteiger partial charge on any atom is 0.248 e. The number of carbonyl (C=O) groups excluding carboxylic acids is 1. The summed E-state index contributed by atoms with van der Waals surface area (Å²) < 4.78 is 7.64. The second-order valence-corrected chi connectivity index (χ2v) is 7.46. The van der Waals surface area contributed by atoms with E-state index in [0.29, 0.717) is 6.54 Å². The largest absolute Gasteiger partial charge is 0.457 e. The van der Waals surface area contributed by atoms with E-state index < -0.39 is 0 Å². The standard InChI is InChI=1S/C27H25N3O3/c1-2-6-27(32)28-22-13-9-20(10-14-22)18-30-23(19-31)17-26(29-30)21-11-15-25(16-12-21)33-24-7-4-3-5-8-24/h2-17,31H,18-19H2,1H3,(H,28,32)/b6-2+. The van der Waals surface area contributed by atoms with Gasteiger partial charge in [0, 0.05) is 11.3 Å². The Morgan fingerprint density at radius 3 is 2.36 bits per heavy atom. The summed E-state index contributed by atoms with van der Waals surface area (Å²) >= 11 is 0. The quantitative estimate of drug-likeness (QED) is 0.361. The van der Waals surface area contributed by atoms with Crippen LogP contribution in [0.15, 0.2) is 97.1 Å². The van der Waals surface area contributed by atoms with Crippen LogP contribution in [-0.4, -0.2) is 20.8 Å². The molecule has 2 N–H and O–H groups in total. The SMILES string of the molecule is C/C=C/C(=O)Nc1ccc(Cn2nc(-c3ccc(Oc4ccccc4)cc3)cc2CO)cc1. The minimum atomic E-state index is -0.162. The first-order valence-corrected chi connectivity index (χ1v) is 10.7. The third kappa shape index (κ3) is 5.75. The first kappa shape index (κ1) is 22.0. The van der Waals surface area contributed by atoms with Gasteiger partial charge in [-0.05, 0) is 73.2 Å². The van der Waals surface area contributed by atoms with E-state index in [1.165, 1.54) is 6.08 Å². The molecular formula is C27H25N3O3. The molecule has 0 bridgehead atoms. The predicted molar refractivity (Wildman–Crippen MR) is 129 cm³/mol. The number of hydrogen-bond acceptors (Lipinski definition) is 4. The van der Waals surface area contributed by atoms with Crippen LogP contribution in [0, 0.1) is 0 Å². The van der Waals surface area contributed by atoms with E-state index in [9.17, 15) is 9.90 Å². The molecule has 0 saturated carbocycles. The minimum Gasteiger partial charge on any atom is -0.457 e. The fraction of sp³-hybridized carbons (Fsp3) is 0.111. The molecule has 0 atom stereocenters. The maximum atomic E-state index is 11.7. The van der Waals surface area contributed by atoms with Crippen LogP contribution in [0.1, 0.15) is 18.2 Å². The molecule has 1 amide bonds. The number of aromatic nitrogens is 2. The van der Waals surface area contributed by atoms with Crippen LogP contribution < -0.4 is 10.1 Å². The first-order valence-electron chi connectivity index (χ1n) is 10.7. The molecule has 0 saturated heterocycles. The normalized spacial score (nSPS) is 11.0. The molecule has 4 aromatic rings. The van der Waals surface area contributed by atoms with Gasteiger partial charge in [-0.25, -0.2) is 0 Å². The molecule has 33 heavy (non-hydrogen) atoms. The molecular weight excluding hydrogens is 414 g/mol. The summed E-state index contributed by atoms with van der Waals surface area (Å²) in [6.45, 7) is 2.19. The lowest BCUT2D eigenvalue weighted by Gasteiger charge is -2.08. The lowest BCUT2D eigenvalue weighted by molar-refractivity contribution is -0.111. The van der Waals surface area contributed by atoms with Crippen molar-refractivity contribution in [1.82, 2.24) is 9.78 Å². The number of hydrogen-bond donors (Lipinski definition) is 2. The average molecular weight is 440 g/mol. The third-order valence-corrected chi connectivity index (χ3v) is 5.03. The lowest BCUT2D eigenvalue weighted by atomic mass is 10.1. The Morgan fingerprint density at radius 1 is 1.00 bits per heavy atom. The topological polar surface area (TPSA) is 76.4 Å². The molecule has 3 aromatic carbocycles.